The fourth-order valence-corrected chi connectivity index (χ4v) is 5.29. The van der Waals surface area contributed by atoms with Crippen LogP contribution in [0.15, 0.2) is 21.5 Å². The van der Waals surface area contributed by atoms with E-state index in [9.17, 15) is 8.42 Å². The molecule has 0 saturated carbocycles. The summed E-state index contributed by atoms with van der Waals surface area (Å²) in [6, 6.07) is 3.16. The van der Waals surface area contributed by atoms with Crippen LogP contribution in [0.1, 0.15) is 26.2 Å². The topological polar surface area (TPSA) is 55.8 Å². The van der Waals surface area contributed by atoms with Crippen molar-refractivity contribution in [2.24, 2.45) is 0 Å². The zero-order chi connectivity index (χ0) is 15.6. The van der Waals surface area contributed by atoms with Gasteiger partial charge in [-0.3, -0.25) is 0 Å². The molecule has 0 aromatic heterocycles. The van der Waals surface area contributed by atoms with Crippen LogP contribution >= 0.6 is 15.9 Å². The van der Waals surface area contributed by atoms with Crippen LogP contribution in [0, 0.1) is 0 Å². The molecule has 0 amide bonds. The molecular weight excluding hydrogens is 358 g/mol. The number of ether oxygens (including phenoxy) is 2. The smallest absolute Gasteiger partial charge is 0.244 e. The van der Waals surface area contributed by atoms with E-state index in [-0.39, 0.29) is 10.9 Å². The highest BCUT2D eigenvalue weighted by Gasteiger charge is 2.33. The monoisotopic (exact) mass is 377 g/mol. The van der Waals surface area contributed by atoms with E-state index >= 15 is 0 Å². The fourth-order valence-electron chi connectivity index (χ4n) is 2.59. The summed E-state index contributed by atoms with van der Waals surface area (Å²) in [4.78, 5) is 0.217. The van der Waals surface area contributed by atoms with Crippen molar-refractivity contribution < 1.29 is 17.9 Å². The van der Waals surface area contributed by atoms with Crippen LogP contribution < -0.4 is 9.47 Å². The highest BCUT2D eigenvalue weighted by molar-refractivity contribution is 9.10. The molecule has 1 fully saturated rings. The lowest BCUT2D eigenvalue weighted by atomic mass is 10.1. The van der Waals surface area contributed by atoms with Crippen LogP contribution in [0.5, 0.6) is 11.5 Å². The van der Waals surface area contributed by atoms with Gasteiger partial charge in [-0.25, -0.2) is 8.42 Å². The van der Waals surface area contributed by atoms with E-state index in [1.807, 2.05) is 6.92 Å². The minimum atomic E-state index is -3.55. The van der Waals surface area contributed by atoms with Crippen LogP contribution in [0.25, 0.3) is 0 Å². The number of halogens is 1. The van der Waals surface area contributed by atoms with Crippen molar-refractivity contribution in [3.05, 3.63) is 16.6 Å². The third-order valence-electron chi connectivity index (χ3n) is 3.77. The number of rotatable bonds is 4. The summed E-state index contributed by atoms with van der Waals surface area (Å²) in [5, 5.41) is 0. The molecule has 0 bridgehead atoms. The van der Waals surface area contributed by atoms with E-state index in [2.05, 4.69) is 15.9 Å². The van der Waals surface area contributed by atoms with Crippen molar-refractivity contribution >= 4 is 26.0 Å². The Hall–Kier alpha value is -0.790. The molecule has 118 valence electrons. The molecule has 21 heavy (non-hydrogen) atoms. The van der Waals surface area contributed by atoms with E-state index in [0.29, 0.717) is 22.5 Å². The minimum absolute atomic E-state index is 0.0174. The van der Waals surface area contributed by atoms with E-state index in [1.54, 1.807) is 10.4 Å². The molecule has 2 rings (SSSR count). The molecule has 7 heteroatoms. The van der Waals surface area contributed by atoms with Crippen molar-refractivity contribution in [3.63, 3.8) is 0 Å². The molecule has 0 unspecified atom stereocenters. The summed E-state index contributed by atoms with van der Waals surface area (Å²) in [6.07, 6.45) is 2.86. The van der Waals surface area contributed by atoms with Crippen molar-refractivity contribution in [1.29, 1.82) is 0 Å². The molecule has 1 heterocycles. The van der Waals surface area contributed by atoms with Crippen LogP contribution in [0.3, 0.4) is 0 Å². The van der Waals surface area contributed by atoms with Gasteiger partial charge in [-0.2, -0.15) is 4.31 Å². The number of benzene rings is 1. The van der Waals surface area contributed by atoms with Gasteiger partial charge in [0.1, 0.15) is 4.90 Å². The summed E-state index contributed by atoms with van der Waals surface area (Å²) < 4.78 is 38.2. The molecular formula is C14H20BrNO4S. The first-order valence-electron chi connectivity index (χ1n) is 6.85. The van der Waals surface area contributed by atoms with Crippen LogP contribution in [0.4, 0.5) is 0 Å². The summed E-state index contributed by atoms with van der Waals surface area (Å²) in [6.45, 7) is 2.51. The number of piperidine rings is 1. The quantitative estimate of drug-likeness (QED) is 0.808. The number of nitrogens with zero attached hydrogens (tertiary/aromatic N) is 1. The maximum atomic E-state index is 12.9. The van der Waals surface area contributed by atoms with Crippen molar-refractivity contribution in [2.45, 2.75) is 37.1 Å². The van der Waals surface area contributed by atoms with Gasteiger partial charge in [-0.05, 0) is 41.8 Å². The molecule has 1 aliphatic heterocycles. The third-order valence-corrected chi connectivity index (χ3v) is 6.74. The second-order valence-corrected chi connectivity index (χ2v) is 7.81. The molecule has 0 aliphatic carbocycles. The number of hydrogen-bond donors (Lipinski definition) is 0. The Morgan fingerprint density at radius 1 is 1.19 bits per heavy atom. The maximum Gasteiger partial charge on any atom is 0.244 e. The second-order valence-electron chi connectivity index (χ2n) is 5.10. The lowest BCUT2D eigenvalue weighted by Crippen LogP contribution is -2.42. The van der Waals surface area contributed by atoms with Crippen molar-refractivity contribution in [3.8, 4) is 11.5 Å². The minimum Gasteiger partial charge on any atom is -0.493 e. The van der Waals surface area contributed by atoms with Gasteiger partial charge in [0.2, 0.25) is 10.0 Å². The molecule has 1 aromatic carbocycles. The Kier molecular flexibility index (Phi) is 5.16. The molecule has 1 atom stereocenters. The molecule has 0 spiro atoms. The SMILES string of the molecule is COc1cc(Br)c(S(=O)(=O)N2CCCC[C@H]2C)cc1OC. The Bertz CT molecular complexity index is 618. The highest BCUT2D eigenvalue weighted by Crippen LogP contribution is 2.37. The second kappa shape index (κ2) is 6.54. The zero-order valence-corrected chi connectivity index (χ0v) is 14.8. The largest absolute Gasteiger partial charge is 0.493 e. The lowest BCUT2D eigenvalue weighted by molar-refractivity contribution is 0.268. The molecule has 5 nitrogen and oxygen atoms in total. The molecule has 1 aliphatic rings. The van der Waals surface area contributed by atoms with E-state index < -0.39 is 10.0 Å². The van der Waals surface area contributed by atoms with Crippen molar-refractivity contribution in [2.75, 3.05) is 20.8 Å². The highest BCUT2D eigenvalue weighted by atomic mass is 79.9. The average Bonchev–Trinajstić information content (AvgIpc) is 2.46. The van der Waals surface area contributed by atoms with Crippen LogP contribution in [-0.4, -0.2) is 39.5 Å². The fraction of sp³-hybridized carbons (Fsp3) is 0.571. The average molecular weight is 378 g/mol. The van der Waals surface area contributed by atoms with Gasteiger partial charge < -0.3 is 9.47 Å². The molecule has 1 saturated heterocycles. The van der Waals surface area contributed by atoms with Gasteiger partial charge in [0.05, 0.1) is 14.2 Å². The normalized spacial score (nSPS) is 20.3. The first-order chi connectivity index (χ1) is 9.91. The number of hydrogen-bond acceptors (Lipinski definition) is 4. The zero-order valence-electron chi connectivity index (χ0n) is 12.4. The van der Waals surface area contributed by atoms with Gasteiger partial charge in [0.25, 0.3) is 0 Å². The number of methoxy groups -OCH3 is 2. The summed E-state index contributed by atoms with van der Waals surface area (Å²) in [7, 11) is -0.538. The summed E-state index contributed by atoms with van der Waals surface area (Å²) in [5.41, 5.74) is 0. The van der Waals surface area contributed by atoms with Gasteiger partial charge in [-0.15, -0.1) is 0 Å². The van der Waals surface area contributed by atoms with E-state index in [4.69, 9.17) is 9.47 Å². The van der Waals surface area contributed by atoms with Gasteiger partial charge in [-0.1, -0.05) is 6.42 Å². The first-order valence-corrected chi connectivity index (χ1v) is 9.08. The predicted molar refractivity (Wildman–Crippen MR) is 84.5 cm³/mol. The van der Waals surface area contributed by atoms with Gasteiger partial charge >= 0.3 is 0 Å². The van der Waals surface area contributed by atoms with Crippen LogP contribution in [-0.2, 0) is 10.0 Å². The van der Waals surface area contributed by atoms with E-state index in [1.165, 1.54) is 20.3 Å². The number of sulfonamides is 1. The van der Waals surface area contributed by atoms with E-state index in [0.717, 1.165) is 19.3 Å². The Labute approximate surface area is 134 Å². The summed E-state index contributed by atoms with van der Waals surface area (Å²) >= 11 is 3.33. The standard InChI is InChI=1S/C14H20BrNO4S/c1-10-6-4-5-7-16(10)21(17,18)14-9-13(20-3)12(19-2)8-11(14)15/h8-10H,4-7H2,1-3H3/t10-/m1/s1. The first kappa shape index (κ1) is 16.6. The molecule has 1 aromatic rings. The molecule has 0 radical (unpaired) electrons. The van der Waals surface area contributed by atoms with Crippen molar-refractivity contribution in [1.82, 2.24) is 4.31 Å². The Balaban J connectivity index is 2.49. The van der Waals surface area contributed by atoms with Gasteiger partial charge in [0.15, 0.2) is 11.5 Å². The Morgan fingerprint density at radius 3 is 2.38 bits per heavy atom. The summed E-state index contributed by atoms with van der Waals surface area (Å²) in [5.74, 6) is 0.902. The van der Waals surface area contributed by atoms with Crippen LogP contribution in [0.2, 0.25) is 0 Å². The molecule has 0 N–H and O–H groups in total. The third kappa shape index (κ3) is 3.19. The van der Waals surface area contributed by atoms with Gasteiger partial charge in [0, 0.05) is 23.1 Å². The lowest BCUT2D eigenvalue weighted by Gasteiger charge is -2.32. The maximum absolute atomic E-state index is 12.9. The Morgan fingerprint density at radius 2 is 1.81 bits per heavy atom. The predicted octanol–water partition coefficient (Wildman–Crippen LogP) is 3.03.